The Morgan fingerprint density at radius 2 is 1.52 bits per heavy atom. The van der Waals surface area contributed by atoms with Crippen molar-refractivity contribution >= 4 is 35.2 Å². The Morgan fingerprint density at radius 3 is 2.05 bits per heavy atom. The van der Waals surface area contributed by atoms with E-state index in [1.165, 1.54) is 76.0 Å². The van der Waals surface area contributed by atoms with Crippen LogP contribution >= 0.6 is 23.4 Å². The Labute approximate surface area is 277 Å². The largest absolute Gasteiger partial charge is 0.457 e. The lowest BCUT2D eigenvalue weighted by atomic mass is 9.92. The quantitative estimate of drug-likeness (QED) is 0.0693. The van der Waals surface area contributed by atoms with Crippen molar-refractivity contribution in [2.45, 2.75) is 177 Å². The number of amides is 1. The van der Waals surface area contributed by atoms with Crippen LogP contribution in [0.1, 0.15) is 130 Å². The van der Waals surface area contributed by atoms with Gasteiger partial charge >= 0.3 is 5.97 Å². The Morgan fingerprint density at radius 1 is 0.955 bits per heavy atom. The molecule has 8 nitrogen and oxygen atoms in total. The van der Waals surface area contributed by atoms with Crippen molar-refractivity contribution in [2.24, 2.45) is 5.92 Å². The van der Waals surface area contributed by atoms with Crippen LogP contribution in [0.2, 0.25) is 0 Å². The third kappa shape index (κ3) is 13.3. The zero-order chi connectivity index (χ0) is 32.5. The van der Waals surface area contributed by atoms with Crippen molar-refractivity contribution in [2.75, 3.05) is 19.8 Å². The van der Waals surface area contributed by atoms with E-state index in [-0.39, 0.29) is 18.4 Å². The third-order valence-electron chi connectivity index (χ3n) is 9.36. The molecule has 0 saturated carbocycles. The minimum atomic E-state index is -1.34. The molecule has 2 aliphatic heterocycles. The average molecular weight is 663 g/mol. The van der Waals surface area contributed by atoms with Gasteiger partial charge in [-0.2, -0.15) is 0 Å². The number of alkyl halides is 1. The molecule has 3 N–H and O–H groups in total. The fourth-order valence-corrected chi connectivity index (χ4v) is 7.62. The van der Waals surface area contributed by atoms with E-state index in [1.54, 1.807) is 13.2 Å². The topological polar surface area (TPSA) is 108 Å². The number of nitrogens with zero attached hydrogens (tertiary/aromatic N) is 1. The van der Waals surface area contributed by atoms with Crippen molar-refractivity contribution in [3.05, 3.63) is 0 Å². The number of carbonyl (C=O) groups excluding carboxylic acids is 2. The molecular weight excluding hydrogens is 600 g/mol. The van der Waals surface area contributed by atoms with Gasteiger partial charge in [-0.15, -0.1) is 23.4 Å². The number of hydrogen-bond donors (Lipinski definition) is 3. The molecule has 44 heavy (non-hydrogen) atoms. The molecule has 0 aromatic rings. The Balaban J connectivity index is 1.82. The number of rotatable bonds is 22. The molecule has 2 heterocycles. The van der Waals surface area contributed by atoms with Crippen molar-refractivity contribution in [3.63, 3.8) is 0 Å². The summed E-state index contributed by atoms with van der Waals surface area (Å²) >= 11 is 7.83. The van der Waals surface area contributed by atoms with Gasteiger partial charge in [-0.3, -0.25) is 14.5 Å². The van der Waals surface area contributed by atoms with E-state index in [4.69, 9.17) is 21.1 Å². The van der Waals surface area contributed by atoms with Crippen molar-refractivity contribution in [1.82, 2.24) is 10.2 Å². The van der Waals surface area contributed by atoms with Gasteiger partial charge in [0, 0.05) is 13.0 Å². The number of ether oxygens (including phenoxy) is 2. The monoisotopic (exact) mass is 662 g/mol. The smallest absolute Gasteiger partial charge is 0.306 e. The predicted octanol–water partition coefficient (Wildman–Crippen LogP) is 6.42. The van der Waals surface area contributed by atoms with E-state index in [0.717, 1.165) is 38.6 Å². The number of hydrogen-bond acceptors (Lipinski definition) is 8. The number of likely N-dealkylation sites (N-methyl/N-ethyl adjacent to an activating group) is 1. The molecule has 0 aliphatic carbocycles. The maximum Gasteiger partial charge on any atom is 0.306 e. The number of aliphatic hydroxyl groups excluding tert-OH is 2. The molecule has 0 bridgehead atoms. The van der Waals surface area contributed by atoms with E-state index in [1.807, 2.05) is 7.05 Å². The van der Waals surface area contributed by atoms with Crippen LogP contribution < -0.4 is 5.32 Å². The van der Waals surface area contributed by atoms with Crippen molar-refractivity contribution < 1.29 is 29.3 Å². The molecule has 0 spiro atoms. The first-order valence-electron chi connectivity index (χ1n) is 17.5. The van der Waals surface area contributed by atoms with Gasteiger partial charge in [-0.25, -0.2) is 0 Å². The van der Waals surface area contributed by atoms with Gasteiger partial charge in [-0.05, 0) is 45.4 Å². The molecule has 5 unspecified atom stereocenters. The first-order valence-corrected chi connectivity index (χ1v) is 19.2. The normalized spacial score (nSPS) is 29.0. The Hall–Kier alpha value is -0.580. The Bertz CT molecular complexity index is 808. The number of likely N-dealkylation sites (tertiary alicyclic amines) is 1. The van der Waals surface area contributed by atoms with Crippen LogP contribution in [0.4, 0.5) is 0 Å². The summed E-state index contributed by atoms with van der Waals surface area (Å²) in [7, 11) is 1.96. The number of carbonyl (C=O) groups is 2. The molecule has 2 fully saturated rings. The lowest BCUT2D eigenvalue weighted by Gasteiger charge is -2.45. The predicted molar refractivity (Wildman–Crippen MR) is 181 cm³/mol. The zero-order valence-electron chi connectivity index (χ0n) is 28.2. The van der Waals surface area contributed by atoms with Crippen LogP contribution in [-0.2, 0) is 19.1 Å². The summed E-state index contributed by atoms with van der Waals surface area (Å²) < 4.78 is 11.8. The molecule has 2 aliphatic rings. The molecule has 9 atom stereocenters. The van der Waals surface area contributed by atoms with Crippen molar-refractivity contribution in [3.8, 4) is 0 Å². The molecule has 258 valence electrons. The fraction of sp³-hybridized carbons (Fsp3) is 0.941. The van der Waals surface area contributed by atoms with Gasteiger partial charge in [0.1, 0.15) is 23.7 Å². The van der Waals surface area contributed by atoms with Gasteiger partial charge in [-0.1, -0.05) is 97.3 Å². The van der Waals surface area contributed by atoms with Crippen LogP contribution in [-0.4, -0.2) is 94.2 Å². The van der Waals surface area contributed by atoms with Crippen molar-refractivity contribution in [1.29, 1.82) is 0 Å². The van der Waals surface area contributed by atoms with Crippen LogP contribution in [0, 0.1) is 5.92 Å². The van der Waals surface area contributed by atoms with E-state index >= 15 is 0 Å². The van der Waals surface area contributed by atoms with Gasteiger partial charge < -0.3 is 25.0 Å². The lowest BCUT2D eigenvalue weighted by Crippen LogP contribution is -2.65. The lowest BCUT2D eigenvalue weighted by molar-refractivity contribution is -0.220. The van der Waals surface area contributed by atoms with E-state index in [9.17, 15) is 19.8 Å². The van der Waals surface area contributed by atoms with E-state index in [0.29, 0.717) is 12.3 Å². The van der Waals surface area contributed by atoms with Crippen LogP contribution in [0.5, 0.6) is 0 Å². The first kappa shape index (κ1) is 39.6. The SMILES string of the molecule is CCCCCCCCCCCCCCCC(=O)OC1C(O)C(SC)OC([C@H](NC(=O)[C@@H]2C[C@@H](CCC)CN2C)[C@H](C)Cl)C1O. The molecule has 0 aromatic heterocycles. The van der Waals surface area contributed by atoms with E-state index in [2.05, 4.69) is 24.1 Å². The summed E-state index contributed by atoms with van der Waals surface area (Å²) in [5.41, 5.74) is -0.740. The molecular formula is C34H63ClN2O6S. The molecule has 10 heteroatoms. The highest BCUT2D eigenvalue weighted by Crippen LogP contribution is 2.33. The summed E-state index contributed by atoms with van der Waals surface area (Å²) in [5.74, 6) is -0.119. The zero-order valence-corrected chi connectivity index (χ0v) is 29.8. The minimum absolute atomic E-state index is 0.151. The first-order chi connectivity index (χ1) is 21.1. The second-order valence-corrected chi connectivity index (χ2v) is 14.8. The summed E-state index contributed by atoms with van der Waals surface area (Å²) in [6.07, 6.45) is 16.2. The van der Waals surface area contributed by atoms with Gasteiger partial charge in [0.15, 0.2) is 6.10 Å². The molecule has 2 rings (SSSR count). The number of aliphatic hydroxyl groups is 2. The standard InChI is InChI=1S/C34H63ClN2O6S/c1-6-8-9-10-11-12-13-14-15-16-17-18-19-21-27(38)42-32-29(39)31(43-34(44-5)30(32)40)28(24(3)35)36-33(41)26-22-25(20-7-2)23-37(26)4/h24-26,28-32,34,39-40H,6-23H2,1-5H3,(H,36,41)/t24-,25+,26-,28+,29?,30?,31?,32?,34?/m0/s1. The molecule has 0 radical (unpaired) electrons. The number of thioether (sulfide) groups is 1. The summed E-state index contributed by atoms with van der Waals surface area (Å²) in [6.45, 7) is 7.02. The number of esters is 1. The maximum absolute atomic E-state index is 13.4. The van der Waals surface area contributed by atoms with Crippen LogP contribution in [0.25, 0.3) is 0 Å². The second kappa shape index (κ2) is 22.1. The summed E-state index contributed by atoms with van der Waals surface area (Å²) in [6, 6.07) is -1.01. The van der Waals surface area contributed by atoms with Gasteiger partial charge in [0.25, 0.3) is 0 Å². The van der Waals surface area contributed by atoms with Crippen LogP contribution in [0.15, 0.2) is 0 Å². The van der Waals surface area contributed by atoms with Gasteiger partial charge in [0.2, 0.25) is 5.91 Å². The summed E-state index contributed by atoms with van der Waals surface area (Å²) in [5, 5.41) is 24.7. The Kier molecular flexibility index (Phi) is 19.9. The highest BCUT2D eigenvalue weighted by atomic mass is 35.5. The number of halogens is 1. The maximum atomic E-state index is 13.4. The second-order valence-electron chi connectivity index (χ2n) is 13.2. The molecule has 1 amide bonds. The van der Waals surface area contributed by atoms with Gasteiger partial charge in [0.05, 0.1) is 17.5 Å². The third-order valence-corrected chi connectivity index (χ3v) is 10.5. The highest BCUT2D eigenvalue weighted by molar-refractivity contribution is 7.99. The number of unbranched alkanes of at least 4 members (excludes halogenated alkanes) is 12. The molecule has 2 saturated heterocycles. The fourth-order valence-electron chi connectivity index (χ4n) is 6.74. The summed E-state index contributed by atoms with van der Waals surface area (Å²) in [4.78, 5) is 28.2. The van der Waals surface area contributed by atoms with Crippen LogP contribution in [0.3, 0.4) is 0 Å². The minimum Gasteiger partial charge on any atom is -0.457 e. The molecule has 0 aromatic carbocycles. The average Bonchev–Trinajstić information content (AvgIpc) is 3.36. The number of nitrogens with one attached hydrogen (secondary N) is 1. The van der Waals surface area contributed by atoms with E-state index < -0.39 is 47.2 Å². The highest BCUT2D eigenvalue weighted by Gasteiger charge is 2.50.